The Balaban J connectivity index is 1.84. The summed E-state index contributed by atoms with van der Waals surface area (Å²) in [5, 5.41) is 23.8. The Bertz CT molecular complexity index is 728. The standard InChI is InChI=1S/C19H22N2O4/c1-13-3-2-4-15(9-13)10-17(12-22)21-19(25)20-11-14-5-7-16(8-6-14)18(23)24/h2-9,17,22H,10-12H2,1H3,(H,23,24)(H2,20,21,25). The summed E-state index contributed by atoms with van der Waals surface area (Å²) in [6.45, 7) is 2.11. The Kier molecular flexibility index (Phi) is 6.54. The zero-order chi connectivity index (χ0) is 18.2. The van der Waals surface area contributed by atoms with Crippen molar-refractivity contribution in [3.63, 3.8) is 0 Å². The summed E-state index contributed by atoms with van der Waals surface area (Å²) < 4.78 is 0. The topological polar surface area (TPSA) is 98.7 Å². The van der Waals surface area contributed by atoms with Crippen LogP contribution < -0.4 is 10.6 Å². The van der Waals surface area contributed by atoms with Gasteiger partial charge in [0, 0.05) is 6.54 Å². The molecule has 0 heterocycles. The average Bonchev–Trinajstić information content (AvgIpc) is 2.59. The number of hydrogen-bond acceptors (Lipinski definition) is 3. The highest BCUT2D eigenvalue weighted by Crippen LogP contribution is 2.07. The average molecular weight is 342 g/mol. The summed E-state index contributed by atoms with van der Waals surface area (Å²) in [5.41, 5.74) is 3.16. The number of rotatable bonds is 7. The van der Waals surface area contributed by atoms with Crippen LogP contribution in [0.2, 0.25) is 0 Å². The van der Waals surface area contributed by atoms with Gasteiger partial charge in [0.25, 0.3) is 0 Å². The molecule has 2 aromatic rings. The summed E-state index contributed by atoms with van der Waals surface area (Å²) in [6, 6.07) is 13.4. The highest BCUT2D eigenvalue weighted by atomic mass is 16.4. The molecule has 1 unspecified atom stereocenters. The molecule has 6 nitrogen and oxygen atoms in total. The van der Waals surface area contributed by atoms with Crippen LogP contribution in [0.4, 0.5) is 4.79 Å². The van der Waals surface area contributed by atoms with Crippen LogP contribution >= 0.6 is 0 Å². The molecule has 132 valence electrons. The number of carbonyl (C=O) groups excluding carboxylic acids is 1. The number of urea groups is 1. The molecule has 2 rings (SSSR count). The SMILES string of the molecule is Cc1cccc(CC(CO)NC(=O)NCc2ccc(C(=O)O)cc2)c1. The van der Waals surface area contributed by atoms with Gasteiger partial charge in [-0.1, -0.05) is 42.0 Å². The largest absolute Gasteiger partial charge is 0.478 e. The van der Waals surface area contributed by atoms with Gasteiger partial charge >= 0.3 is 12.0 Å². The number of nitrogens with one attached hydrogen (secondary N) is 2. The lowest BCUT2D eigenvalue weighted by atomic mass is 10.0. The van der Waals surface area contributed by atoms with E-state index in [1.807, 2.05) is 31.2 Å². The molecule has 25 heavy (non-hydrogen) atoms. The second kappa shape index (κ2) is 8.84. The van der Waals surface area contributed by atoms with Gasteiger partial charge in [0.05, 0.1) is 18.2 Å². The summed E-state index contributed by atoms with van der Waals surface area (Å²) in [6.07, 6.45) is 0.541. The molecular weight excluding hydrogens is 320 g/mol. The lowest BCUT2D eigenvalue weighted by Crippen LogP contribution is -2.44. The first-order valence-corrected chi connectivity index (χ1v) is 8.01. The van der Waals surface area contributed by atoms with E-state index in [4.69, 9.17) is 5.11 Å². The fourth-order valence-corrected chi connectivity index (χ4v) is 2.47. The zero-order valence-electron chi connectivity index (χ0n) is 14.0. The van der Waals surface area contributed by atoms with Crippen molar-refractivity contribution in [2.45, 2.75) is 25.9 Å². The Morgan fingerprint density at radius 1 is 1.08 bits per heavy atom. The zero-order valence-corrected chi connectivity index (χ0v) is 14.0. The number of hydrogen-bond donors (Lipinski definition) is 4. The molecule has 0 saturated carbocycles. The van der Waals surface area contributed by atoms with Crippen LogP contribution in [0, 0.1) is 6.92 Å². The summed E-state index contributed by atoms with van der Waals surface area (Å²) in [7, 11) is 0. The van der Waals surface area contributed by atoms with Crippen LogP contribution in [0.15, 0.2) is 48.5 Å². The number of carboxylic acids is 1. The van der Waals surface area contributed by atoms with Gasteiger partial charge in [-0.2, -0.15) is 0 Å². The molecule has 0 fully saturated rings. The summed E-state index contributed by atoms with van der Waals surface area (Å²) >= 11 is 0. The third-order valence-corrected chi connectivity index (χ3v) is 3.77. The maximum Gasteiger partial charge on any atom is 0.335 e. The van der Waals surface area contributed by atoms with Crippen molar-refractivity contribution >= 4 is 12.0 Å². The van der Waals surface area contributed by atoms with Crippen LogP contribution in [0.5, 0.6) is 0 Å². The van der Waals surface area contributed by atoms with E-state index < -0.39 is 5.97 Å². The van der Waals surface area contributed by atoms with Gasteiger partial charge < -0.3 is 20.8 Å². The molecule has 2 aromatic carbocycles. The summed E-state index contributed by atoms with van der Waals surface area (Å²) in [5.74, 6) is -0.987. The molecule has 0 spiro atoms. The van der Waals surface area contributed by atoms with E-state index in [1.165, 1.54) is 12.1 Å². The molecule has 0 aromatic heterocycles. The quantitative estimate of drug-likeness (QED) is 0.619. The number of aliphatic hydroxyl groups is 1. The Hall–Kier alpha value is -2.86. The third-order valence-electron chi connectivity index (χ3n) is 3.77. The number of carboxylic acid groups (broad SMARTS) is 1. The van der Waals surface area contributed by atoms with Crippen LogP contribution in [0.3, 0.4) is 0 Å². The van der Waals surface area contributed by atoms with Crippen LogP contribution in [0.1, 0.15) is 27.0 Å². The van der Waals surface area contributed by atoms with Crippen molar-refractivity contribution in [2.75, 3.05) is 6.61 Å². The van der Waals surface area contributed by atoms with E-state index in [2.05, 4.69) is 10.6 Å². The fourth-order valence-electron chi connectivity index (χ4n) is 2.47. The minimum Gasteiger partial charge on any atom is -0.478 e. The highest BCUT2D eigenvalue weighted by Gasteiger charge is 2.12. The van der Waals surface area contributed by atoms with Gasteiger partial charge in [-0.25, -0.2) is 9.59 Å². The van der Waals surface area contributed by atoms with Crippen molar-refractivity contribution < 1.29 is 19.8 Å². The molecule has 2 amide bonds. The Labute approximate surface area is 146 Å². The second-order valence-electron chi connectivity index (χ2n) is 5.90. The van der Waals surface area contributed by atoms with Gasteiger partial charge in [-0.3, -0.25) is 0 Å². The van der Waals surface area contributed by atoms with E-state index in [9.17, 15) is 14.7 Å². The van der Waals surface area contributed by atoms with Gasteiger partial charge in [0.2, 0.25) is 0 Å². The van der Waals surface area contributed by atoms with Crippen molar-refractivity contribution in [1.29, 1.82) is 0 Å². The van der Waals surface area contributed by atoms with Crippen LogP contribution in [-0.2, 0) is 13.0 Å². The van der Waals surface area contributed by atoms with Crippen molar-refractivity contribution in [1.82, 2.24) is 10.6 Å². The molecule has 0 saturated heterocycles. The van der Waals surface area contributed by atoms with E-state index in [0.29, 0.717) is 6.42 Å². The smallest absolute Gasteiger partial charge is 0.335 e. The van der Waals surface area contributed by atoms with Crippen molar-refractivity contribution in [2.24, 2.45) is 0 Å². The first-order chi connectivity index (χ1) is 12.0. The maximum atomic E-state index is 12.0. The maximum absolute atomic E-state index is 12.0. The summed E-state index contributed by atoms with van der Waals surface area (Å²) in [4.78, 5) is 22.8. The van der Waals surface area contributed by atoms with E-state index in [1.54, 1.807) is 12.1 Å². The predicted octanol–water partition coefficient (Wildman–Crippen LogP) is 2.10. The minimum atomic E-state index is -0.987. The fraction of sp³-hybridized carbons (Fsp3) is 0.263. The molecule has 4 N–H and O–H groups in total. The van der Waals surface area contributed by atoms with Gasteiger partial charge in [-0.15, -0.1) is 0 Å². The second-order valence-corrected chi connectivity index (χ2v) is 5.90. The van der Waals surface area contributed by atoms with E-state index in [0.717, 1.165) is 16.7 Å². The van der Waals surface area contributed by atoms with E-state index in [-0.39, 0.29) is 30.8 Å². The van der Waals surface area contributed by atoms with E-state index >= 15 is 0 Å². The number of aliphatic hydroxyl groups excluding tert-OH is 1. The van der Waals surface area contributed by atoms with Gasteiger partial charge in [0.15, 0.2) is 0 Å². The van der Waals surface area contributed by atoms with Gasteiger partial charge in [-0.05, 0) is 36.6 Å². The molecule has 0 radical (unpaired) electrons. The lowest BCUT2D eigenvalue weighted by molar-refractivity contribution is 0.0697. The lowest BCUT2D eigenvalue weighted by Gasteiger charge is -2.17. The molecule has 0 aliphatic heterocycles. The Morgan fingerprint density at radius 2 is 1.80 bits per heavy atom. The molecule has 1 atom stereocenters. The highest BCUT2D eigenvalue weighted by molar-refractivity contribution is 5.87. The monoisotopic (exact) mass is 342 g/mol. The Morgan fingerprint density at radius 3 is 2.40 bits per heavy atom. The molecule has 0 aliphatic rings. The van der Waals surface area contributed by atoms with Crippen LogP contribution in [0.25, 0.3) is 0 Å². The number of aromatic carboxylic acids is 1. The normalized spacial score (nSPS) is 11.6. The first-order valence-electron chi connectivity index (χ1n) is 8.01. The molecule has 0 bridgehead atoms. The van der Waals surface area contributed by atoms with Crippen LogP contribution in [-0.4, -0.2) is 34.9 Å². The van der Waals surface area contributed by atoms with Gasteiger partial charge in [0.1, 0.15) is 0 Å². The predicted molar refractivity (Wildman–Crippen MR) is 94.5 cm³/mol. The number of aryl methyl sites for hydroxylation is 1. The first kappa shape index (κ1) is 18.5. The number of amides is 2. The van der Waals surface area contributed by atoms with Crippen molar-refractivity contribution in [3.8, 4) is 0 Å². The van der Waals surface area contributed by atoms with Crippen molar-refractivity contribution in [3.05, 3.63) is 70.8 Å². The number of benzene rings is 2. The molecule has 6 heteroatoms. The minimum absolute atomic E-state index is 0.158. The molecular formula is C19H22N2O4. The number of carbonyl (C=O) groups is 2. The third kappa shape index (κ3) is 5.93. The molecule has 0 aliphatic carbocycles.